The van der Waals surface area contributed by atoms with E-state index < -0.39 is 13.7 Å². The second-order valence-electron chi connectivity index (χ2n) is 18.2. The molecule has 0 unspecified atom stereocenters. The van der Waals surface area contributed by atoms with Gasteiger partial charge < -0.3 is 15.0 Å². The van der Waals surface area contributed by atoms with Crippen molar-refractivity contribution in [2.24, 2.45) is 0 Å². The Labute approximate surface area is 452 Å². The van der Waals surface area contributed by atoms with Gasteiger partial charge in [-0.15, -0.1) is 95.1 Å². The maximum atomic E-state index is 7.92. The molecule has 0 aliphatic heterocycles. The molecule has 11 rings (SSSR count). The van der Waals surface area contributed by atoms with Gasteiger partial charge in [0.2, 0.25) is 0 Å². The Morgan fingerprint density at radius 2 is 0.904 bits per heavy atom. The molecule has 0 saturated carbocycles. The molecule has 8 aromatic carbocycles. The first kappa shape index (κ1) is 41.5. The molecule has 0 radical (unpaired) electrons. The molecule has 0 atom stereocenters. The summed E-state index contributed by atoms with van der Waals surface area (Å²) in [5, 5.41) is 0. The largest absolute Gasteiger partial charge is 3.00 e. The zero-order chi connectivity index (χ0) is 54.0. The fourth-order valence-corrected chi connectivity index (χ4v) is 9.62. The second-order valence-corrected chi connectivity index (χ2v) is 18.2. The predicted molar refractivity (Wildman–Crippen MR) is 298 cm³/mol. The van der Waals surface area contributed by atoms with Crippen molar-refractivity contribution in [1.82, 2.24) is 15.0 Å². The topological polar surface area (TPSA) is 38.7 Å². The molecule has 3 nitrogen and oxygen atoms in total. The first-order valence-electron chi connectivity index (χ1n) is 27.2. The van der Waals surface area contributed by atoms with E-state index >= 15 is 0 Å². The number of hydrogen-bond acceptors (Lipinski definition) is 3. The van der Waals surface area contributed by atoms with Gasteiger partial charge in [-0.05, 0) is 136 Å². The Bertz CT molecular complexity index is 3930. The summed E-state index contributed by atoms with van der Waals surface area (Å²) in [4.78, 5) is 13.7. The fourth-order valence-electron chi connectivity index (χ4n) is 9.62. The van der Waals surface area contributed by atoms with Crippen molar-refractivity contribution in [3.8, 4) is 101 Å². The van der Waals surface area contributed by atoms with Gasteiger partial charge in [0, 0.05) is 26.8 Å². The van der Waals surface area contributed by atoms with Gasteiger partial charge in [0.25, 0.3) is 0 Å². The van der Waals surface area contributed by atoms with Crippen molar-refractivity contribution in [2.75, 3.05) is 0 Å². The number of aromatic nitrogens is 3. The Morgan fingerprint density at radius 1 is 0.370 bits per heavy atom. The first-order chi connectivity index (χ1) is 37.7. The monoisotopic (exact) mass is 1120 g/mol. The van der Waals surface area contributed by atoms with Crippen LogP contribution in [0.4, 0.5) is 0 Å². The number of rotatable bonds is 12. The van der Waals surface area contributed by atoms with Gasteiger partial charge >= 0.3 is 20.1 Å². The number of aryl methyl sites for hydroxylation is 6. The minimum Gasteiger partial charge on any atom is -0.305 e. The van der Waals surface area contributed by atoms with Crippen LogP contribution in [0.15, 0.2) is 219 Å². The van der Waals surface area contributed by atoms with Gasteiger partial charge in [0.05, 0.1) is 0 Å². The predicted octanol–water partition coefficient (Wildman–Crippen LogP) is 17.3. The van der Waals surface area contributed by atoms with Crippen LogP contribution in [0.25, 0.3) is 101 Å². The molecule has 0 saturated heterocycles. The number of hydrogen-bond donors (Lipinski definition) is 0. The van der Waals surface area contributed by atoms with Crippen LogP contribution in [-0.4, -0.2) is 15.0 Å². The molecule has 352 valence electrons. The Morgan fingerprint density at radius 3 is 1.47 bits per heavy atom. The van der Waals surface area contributed by atoms with Gasteiger partial charge in [-0.3, -0.25) is 0 Å². The molecule has 0 spiro atoms. The third kappa shape index (κ3) is 10.7. The van der Waals surface area contributed by atoms with Crippen LogP contribution < -0.4 is 0 Å². The molecule has 0 aliphatic carbocycles. The maximum Gasteiger partial charge on any atom is 3.00 e. The summed E-state index contributed by atoms with van der Waals surface area (Å²) in [5.41, 5.74) is 22.7. The molecule has 73 heavy (non-hydrogen) atoms. The SMILES string of the molecule is [2H]C([2H])([2H])c1ccc(-c2[c-]cc(-c3ccccc3-c3cc(CCc4c[c-]c(-c5cc(-c6cc(C)c(-c7ccccc7)cc6C)ccn5)cc4)cc(-c4ccccc4-c4c[c-]c(-c5cc(C([2H])([2H])[2H])ccn5)cc4)c3)cc2)nc1.[Ir+3]. The molecule has 0 aliphatic rings. The summed E-state index contributed by atoms with van der Waals surface area (Å²) in [6.07, 6.45) is 6.39. The molecule has 3 aromatic heterocycles. The molecule has 0 fully saturated rings. The van der Waals surface area contributed by atoms with Crippen molar-refractivity contribution >= 4 is 0 Å². The van der Waals surface area contributed by atoms with E-state index in [1.54, 1.807) is 18.2 Å². The smallest absolute Gasteiger partial charge is 0.305 e. The van der Waals surface area contributed by atoms with E-state index in [-0.39, 0.29) is 31.2 Å². The number of pyridine rings is 3. The van der Waals surface area contributed by atoms with E-state index in [2.05, 4.69) is 169 Å². The van der Waals surface area contributed by atoms with Gasteiger partial charge in [-0.1, -0.05) is 162 Å². The summed E-state index contributed by atoms with van der Waals surface area (Å²) in [6, 6.07) is 78.2. The summed E-state index contributed by atoms with van der Waals surface area (Å²) in [6.45, 7) is -0.118. The van der Waals surface area contributed by atoms with Crippen LogP contribution in [0.5, 0.6) is 0 Å². The van der Waals surface area contributed by atoms with E-state index in [0.29, 0.717) is 17.0 Å². The van der Waals surface area contributed by atoms with Crippen LogP contribution in [0, 0.1) is 45.8 Å². The van der Waals surface area contributed by atoms with Crippen LogP contribution in [0.1, 0.15) is 41.6 Å². The van der Waals surface area contributed by atoms with Crippen LogP contribution in [-0.2, 0) is 32.9 Å². The Hall–Kier alpha value is -8.14. The zero-order valence-electron chi connectivity index (χ0n) is 46.4. The van der Waals surface area contributed by atoms with Crippen molar-refractivity contribution in [3.05, 3.63) is 270 Å². The number of benzene rings is 8. The molecule has 0 amide bonds. The van der Waals surface area contributed by atoms with Crippen LogP contribution >= 0.6 is 0 Å². The van der Waals surface area contributed by atoms with Crippen LogP contribution in [0.3, 0.4) is 0 Å². The van der Waals surface area contributed by atoms with Crippen molar-refractivity contribution < 1.29 is 28.3 Å². The van der Waals surface area contributed by atoms with E-state index in [9.17, 15) is 0 Å². The summed E-state index contributed by atoms with van der Waals surface area (Å²) < 4.78 is 47.1. The van der Waals surface area contributed by atoms with E-state index in [1.807, 2.05) is 54.7 Å². The van der Waals surface area contributed by atoms with E-state index in [1.165, 1.54) is 57.4 Å². The first-order valence-corrected chi connectivity index (χ1v) is 24.2. The van der Waals surface area contributed by atoms with Crippen molar-refractivity contribution in [1.29, 1.82) is 0 Å². The van der Waals surface area contributed by atoms with E-state index in [0.717, 1.165) is 79.7 Å². The zero-order valence-corrected chi connectivity index (χ0v) is 42.8. The molecular formula is C69H52IrN3. The quantitative estimate of drug-likeness (QED) is 0.114. The van der Waals surface area contributed by atoms with Gasteiger partial charge in [0.15, 0.2) is 0 Å². The fraction of sp³-hybridized carbons (Fsp3) is 0.0870. The average Bonchev–Trinajstić information content (AvgIpc) is 3.50. The number of nitrogens with zero attached hydrogens (tertiary/aromatic N) is 3. The normalized spacial score (nSPS) is 12.6. The molecule has 0 N–H and O–H groups in total. The van der Waals surface area contributed by atoms with E-state index in [4.69, 9.17) is 13.2 Å². The van der Waals surface area contributed by atoms with Crippen molar-refractivity contribution in [2.45, 2.75) is 40.4 Å². The van der Waals surface area contributed by atoms with Gasteiger partial charge in [-0.25, -0.2) is 0 Å². The third-order valence-corrected chi connectivity index (χ3v) is 13.4. The minimum atomic E-state index is -2.24. The van der Waals surface area contributed by atoms with Gasteiger partial charge in [0.1, 0.15) is 0 Å². The minimum absolute atomic E-state index is 0. The van der Waals surface area contributed by atoms with Gasteiger partial charge in [-0.2, -0.15) is 0 Å². The van der Waals surface area contributed by atoms with Crippen LogP contribution in [0.2, 0.25) is 0 Å². The summed E-state index contributed by atoms with van der Waals surface area (Å²) >= 11 is 0. The standard InChI is InChI=1S/C69H52N3.Ir/c1-46-34-36-70-68(38-46)57-31-27-54(28-32-57)62-15-9-11-17-64(62)60-42-51(41-59(43-60)63-16-10-8-14-61(63)53-25-29-55(30-26-53)67-33-18-47(2)45-72-67)20-19-50-21-23-56(24-22-50)69-44-58(35-37-71-69)66-40-48(3)65(39-49(66)4)52-12-6-5-7-13-52;/h5-18,21-23,25-29,31,33-45H,19-20H2,1-4H3;/q-3;+3/i1D3,2D3;. The second kappa shape index (κ2) is 21.7. The third-order valence-electron chi connectivity index (χ3n) is 13.4. The molecule has 11 aromatic rings. The Balaban J connectivity index is 0.00000704. The molecule has 3 heterocycles. The summed E-state index contributed by atoms with van der Waals surface area (Å²) in [7, 11) is 0. The summed E-state index contributed by atoms with van der Waals surface area (Å²) in [5.74, 6) is 0. The molecule has 4 heteroatoms. The van der Waals surface area contributed by atoms with Crippen molar-refractivity contribution in [3.63, 3.8) is 0 Å². The molecule has 0 bridgehead atoms. The molecular weight excluding hydrogens is 1060 g/mol. The average molecular weight is 1120 g/mol. The Kier molecular flexibility index (Phi) is 12.3. The maximum absolute atomic E-state index is 7.92.